The second kappa shape index (κ2) is 8.83. The summed E-state index contributed by atoms with van der Waals surface area (Å²) in [6.07, 6.45) is 7.86. The summed E-state index contributed by atoms with van der Waals surface area (Å²) >= 11 is 7.71. The molecule has 11 heteroatoms. The summed E-state index contributed by atoms with van der Waals surface area (Å²) in [4.78, 5) is 12.6. The largest absolute Gasteiger partial charge is 0.381 e. The Hall–Kier alpha value is -2.40. The molecule has 3 aromatic rings. The molecule has 2 bridgehead atoms. The Balaban J connectivity index is 1.24. The predicted molar refractivity (Wildman–Crippen MR) is 145 cm³/mol. The minimum Gasteiger partial charge on any atom is -0.381 e. The zero-order valence-corrected chi connectivity index (χ0v) is 22.7. The van der Waals surface area contributed by atoms with Gasteiger partial charge in [-0.1, -0.05) is 35.5 Å². The first kappa shape index (κ1) is 24.9. The Morgan fingerprint density at radius 3 is 2.65 bits per heavy atom. The van der Waals surface area contributed by atoms with E-state index in [1.54, 1.807) is 30.5 Å². The van der Waals surface area contributed by atoms with Gasteiger partial charge < -0.3 is 16.4 Å². The van der Waals surface area contributed by atoms with Crippen LogP contribution in [0.2, 0.25) is 5.02 Å². The molecule has 2 aliphatic heterocycles. The number of halogens is 2. The highest BCUT2D eigenvalue weighted by Crippen LogP contribution is 2.57. The highest BCUT2D eigenvalue weighted by atomic mass is 35.5. The number of rotatable bonds is 4. The molecule has 1 aromatic heterocycles. The normalized spacial score (nSPS) is 27.9. The van der Waals surface area contributed by atoms with Gasteiger partial charge in [0.05, 0.1) is 25.8 Å². The van der Waals surface area contributed by atoms with Gasteiger partial charge in [-0.25, -0.2) is 23.3 Å². The van der Waals surface area contributed by atoms with Gasteiger partial charge in [-0.3, -0.25) is 0 Å². The Morgan fingerprint density at radius 2 is 1.97 bits per heavy atom. The van der Waals surface area contributed by atoms with E-state index in [-0.39, 0.29) is 39.3 Å². The Kier molecular flexibility index (Phi) is 5.94. The number of nitrogens with zero attached hydrogens (tertiary/aromatic N) is 3. The third kappa shape index (κ3) is 4.18. The van der Waals surface area contributed by atoms with Crippen molar-refractivity contribution in [2.75, 3.05) is 16.9 Å². The molecule has 2 saturated heterocycles. The third-order valence-corrected chi connectivity index (χ3v) is 11.0. The number of fused-ring (bicyclic) bond motifs is 3. The average molecular weight is 559 g/mol. The lowest BCUT2D eigenvalue weighted by Crippen LogP contribution is -2.51. The number of nitrogens with one attached hydrogen (secondary N) is 1. The maximum absolute atomic E-state index is 13.9. The molecule has 0 amide bonds. The van der Waals surface area contributed by atoms with Gasteiger partial charge in [0, 0.05) is 29.3 Å². The lowest BCUT2D eigenvalue weighted by atomic mass is 9.70. The van der Waals surface area contributed by atoms with Crippen LogP contribution in [-0.4, -0.2) is 32.5 Å². The number of anilines is 2. The Morgan fingerprint density at radius 1 is 1.24 bits per heavy atom. The van der Waals surface area contributed by atoms with E-state index in [1.165, 1.54) is 24.1 Å². The molecule has 1 spiro atoms. The molecule has 194 valence electrons. The quantitative estimate of drug-likeness (QED) is 0.391. The molecule has 0 radical (unpaired) electrons. The van der Waals surface area contributed by atoms with E-state index in [0.29, 0.717) is 15.7 Å². The summed E-state index contributed by atoms with van der Waals surface area (Å²) in [6.45, 7) is 0. The Labute approximate surface area is 225 Å². The van der Waals surface area contributed by atoms with Crippen LogP contribution in [0, 0.1) is 16.0 Å². The summed E-state index contributed by atoms with van der Waals surface area (Å²) in [5.41, 5.74) is 15.2. The van der Waals surface area contributed by atoms with Crippen LogP contribution in [0.3, 0.4) is 0 Å². The maximum atomic E-state index is 13.9. The van der Waals surface area contributed by atoms with E-state index < -0.39 is 9.73 Å². The summed E-state index contributed by atoms with van der Waals surface area (Å²) in [5.74, 6) is 0.845. The fourth-order valence-corrected chi connectivity index (χ4v) is 8.91. The van der Waals surface area contributed by atoms with Crippen LogP contribution >= 0.6 is 23.4 Å². The minimum atomic E-state index is -2.96. The molecular formula is C26H28ClFN6OS2. The molecule has 1 aliphatic carbocycles. The predicted octanol–water partition coefficient (Wildman–Crippen LogP) is 5.41. The van der Waals surface area contributed by atoms with E-state index >= 15 is 0 Å². The number of piperidine rings is 1. The van der Waals surface area contributed by atoms with Crippen LogP contribution in [0.5, 0.6) is 0 Å². The van der Waals surface area contributed by atoms with Crippen molar-refractivity contribution >= 4 is 44.7 Å². The summed E-state index contributed by atoms with van der Waals surface area (Å²) in [7, 11) is -2.96. The van der Waals surface area contributed by atoms with Crippen LogP contribution < -0.4 is 16.4 Å². The zero-order valence-electron chi connectivity index (χ0n) is 20.3. The van der Waals surface area contributed by atoms with Gasteiger partial charge in [0.1, 0.15) is 16.7 Å². The standard InChI is InChI=1S/C26H28ClFN6OS2/c1-37(31,35)20-4-2-3-19(22(20)27)36-25-24(30)33-21(13-32-25)34-16-6-7-17(34)12-26(11-16)10-14-9-15(28)5-8-18(14)23(26)29/h2-5,8-9,13,16-17,23,31H,6-7,10-12,29H2,1H3,(H2,30,33)/t16-,17?,23-,26+,37?/m1/s1. The molecule has 5 atom stereocenters. The average Bonchev–Trinajstić information content (AvgIpc) is 3.25. The van der Waals surface area contributed by atoms with Crippen LogP contribution in [0.1, 0.15) is 42.9 Å². The van der Waals surface area contributed by atoms with Crippen LogP contribution in [0.25, 0.3) is 0 Å². The summed E-state index contributed by atoms with van der Waals surface area (Å²) in [6, 6.07) is 10.6. The van der Waals surface area contributed by atoms with Crippen LogP contribution in [0.4, 0.5) is 16.0 Å². The van der Waals surface area contributed by atoms with E-state index in [0.717, 1.165) is 49.0 Å². The number of nitrogen functional groups attached to an aromatic ring is 1. The fraction of sp³-hybridized carbons (Fsp3) is 0.385. The summed E-state index contributed by atoms with van der Waals surface area (Å²) < 4.78 is 34.0. The maximum Gasteiger partial charge on any atom is 0.158 e. The number of hydrogen-bond donors (Lipinski definition) is 3. The van der Waals surface area contributed by atoms with Crippen molar-refractivity contribution < 1.29 is 8.60 Å². The van der Waals surface area contributed by atoms with Gasteiger partial charge in [0.25, 0.3) is 0 Å². The molecule has 3 aliphatic rings. The fourth-order valence-electron chi connectivity index (χ4n) is 6.57. The van der Waals surface area contributed by atoms with E-state index in [2.05, 4.69) is 9.88 Å². The molecule has 2 fully saturated rings. The van der Waals surface area contributed by atoms with Crippen molar-refractivity contribution in [2.24, 2.45) is 11.1 Å². The van der Waals surface area contributed by atoms with Crippen molar-refractivity contribution in [3.63, 3.8) is 0 Å². The zero-order chi connectivity index (χ0) is 26.1. The number of nitrogens with two attached hydrogens (primary N) is 2. The van der Waals surface area contributed by atoms with Crippen LogP contribution in [0.15, 0.2) is 57.4 Å². The molecular weight excluding hydrogens is 531 g/mol. The van der Waals surface area contributed by atoms with Crippen molar-refractivity contribution in [1.82, 2.24) is 9.97 Å². The number of aromatic nitrogens is 2. The van der Waals surface area contributed by atoms with Gasteiger partial charge in [0.15, 0.2) is 5.82 Å². The van der Waals surface area contributed by atoms with Crippen LogP contribution in [-0.2, 0) is 16.1 Å². The van der Waals surface area contributed by atoms with Gasteiger partial charge in [-0.2, -0.15) is 0 Å². The molecule has 7 nitrogen and oxygen atoms in total. The van der Waals surface area contributed by atoms with Gasteiger partial charge in [-0.05, 0) is 72.9 Å². The third-order valence-electron chi connectivity index (χ3n) is 8.12. The minimum absolute atomic E-state index is 0.0646. The lowest BCUT2D eigenvalue weighted by Gasteiger charge is -2.47. The SMILES string of the molecule is CS(=N)(=O)c1cccc(Sc2ncc(N3C4CC[C@@H]3C[C@@]3(Cc5cc(F)ccc5[C@H]3N)C4)nc2N)c1Cl. The lowest BCUT2D eigenvalue weighted by molar-refractivity contribution is 0.155. The molecule has 37 heavy (non-hydrogen) atoms. The molecule has 0 saturated carbocycles. The van der Waals surface area contributed by atoms with E-state index in [4.69, 9.17) is 32.8 Å². The van der Waals surface area contributed by atoms with Gasteiger partial charge >= 0.3 is 0 Å². The van der Waals surface area contributed by atoms with Crippen molar-refractivity contribution in [3.05, 3.63) is 64.6 Å². The molecule has 3 heterocycles. The Bertz CT molecular complexity index is 1500. The summed E-state index contributed by atoms with van der Waals surface area (Å²) in [5, 5.41) is 0.778. The van der Waals surface area contributed by atoms with Gasteiger partial charge in [0.2, 0.25) is 0 Å². The first-order chi connectivity index (χ1) is 17.6. The highest BCUT2D eigenvalue weighted by Gasteiger charge is 2.54. The van der Waals surface area contributed by atoms with Crippen molar-refractivity contribution in [2.45, 2.75) is 65.0 Å². The number of benzene rings is 2. The van der Waals surface area contributed by atoms with Crippen molar-refractivity contribution in [3.8, 4) is 0 Å². The first-order valence-electron chi connectivity index (χ1n) is 12.2. The molecule has 2 aromatic carbocycles. The molecule has 2 unspecified atom stereocenters. The first-order valence-corrected chi connectivity index (χ1v) is 15.4. The second-order valence-electron chi connectivity index (χ2n) is 10.5. The molecule has 6 rings (SSSR count). The smallest absolute Gasteiger partial charge is 0.158 e. The highest BCUT2D eigenvalue weighted by molar-refractivity contribution is 7.99. The van der Waals surface area contributed by atoms with E-state index in [1.807, 2.05) is 6.07 Å². The van der Waals surface area contributed by atoms with Crippen molar-refractivity contribution in [1.29, 1.82) is 4.78 Å². The number of hydrogen-bond acceptors (Lipinski definition) is 8. The van der Waals surface area contributed by atoms with Gasteiger partial charge in [-0.15, -0.1) is 0 Å². The second-order valence-corrected chi connectivity index (χ2v) is 14.0. The van der Waals surface area contributed by atoms with E-state index in [9.17, 15) is 8.60 Å². The molecule has 5 N–H and O–H groups in total. The monoisotopic (exact) mass is 558 g/mol. The topological polar surface area (TPSA) is 122 Å².